The Morgan fingerprint density at radius 3 is 2.62 bits per heavy atom. The number of piperidine rings is 1. The van der Waals surface area contributed by atoms with Gasteiger partial charge in [-0.05, 0) is 56.4 Å². The molecule has 2 aliphatic rings. The van der Waals surface area contributed by atoms with Crippen LogP contribution in [0.1, 0.15) is 26.2 Å². The number of likely N-dealkylation sites (tertiary alicyclic amines) is 1. The van der Waals surface area contributed by atoms with Crippen molar-refractivity contribution in [2.45, 2.75) is 26.2 Å². The first-order valence-corrected chi connectivity index (χ1v) is 9.78. The number of halogens is 2. The summed E-state index contributed by atoms with van der Waals surface area (Å²) < 4.78 is 0. The van der Waals surface area contributed by atoms with Crippen LogP contribution in [-0.2, 0) is 0 Å². The lowest BCUT2D eigenvalue weighted by atomic mass is 9.76. The third-order valence-electron chi connectivity index (χ3n) is 5.50. The molecule has 3 N–H and O–H groups in total. The summed E-state index contributed by atoms with van der Waals surface area (Å²) in [4.78, 5) is 9.15. The Balaban J connectivity index is 1.70. The van der Waals surface area contributed by atoms with Crippen molar-refractivity contribution in [3.8, 4) is 0 Å². The number of aliphatic hydroxyl groups is 1. The van der Waals surface area contributed by atoms with Gasteiger partial charge in [0.15, 0.2) is 0 Å². The molecule has 142 valence electrons. The zero-order valence-electron chi connectivity index (χ0n) is 15.1. The number of nitrogens with two attached hydrogens (primary N) is 1. The molecule has 0 unspecified atom stereocenters. The Morgan fingerprint density at radius 1 is 1.27 bits per heavy atom. The molecule has 1 aromatic rings. The Hall–Kier alpha value is -1.27. The highest BCUT2D eigenvalue weighted by Gasteiger charge is 2.34. The number of hydrogen-bond donors (Lipinski definition) is 2. The van der Waals surface area contributed by atoms with Crippen LogP contribution in [-0.4, -0.2) is 48.6 Å². The molecule has 0 atom stereocenters. The van der Waals surface area contributed by atoms with Crippen molar-refractivity contribution in [2.75, 3.05) is 37.7 Å². The van der Waals surface area contributed by atoms with Crippen LogP contribution >= 0.6 is 23.2 Å². The molecule has 5 nitrogen and oxygen atoms in total. The van der Waals surface area contributed by atoms with Crippen molar-refractivity contribution in [1.82, 2.24) is 4.90 Å². The van der Waals surface area contributed by atoms with E-state index in [-0.39, 0.29) is 12.0 Å². The lowest BCUT2D eigenvalue weighted by Gasteiger charge is -2.42. The monoisotopic (exact) mass is 396 g/mol. The van der Waals surface area contributed by atoms with Crippen molar-refractivity contribution in [3.63, 3.8) is 0 Å². The molecule has 0 amide bonds. The molecule has 0 radical (unpaired) electrons. The molecule has 1 aromatic carbocycles. The maximum Gasteiger partial charge on any atom is 0.128 e. The second-order valence-electron chi connectivity index (χ2n) is 7.09. The van der Waals surface area contributed by atoms with Crippen molar-refractivity contribution >= 4 is 34.7 Å². The first-order valence-electron chi connectivity index (χ1n) is 9.02. The van der Waals surface area contributed by atoms with Crippen LogP contribution < -0.4 is 10.6 Å². The second-order valence-corrected chi connectivity index (χ2v) is 7.87. The Bertz CT molecular complexity index is 711. The van der Waals surface area contributed by atoms with E-state index in [1.54, 1.807) is 6.07 Å². The maximum absolute atomic E-state index is 9.77. The fourth-order valence-electron chi connectivity index (χ4n) is 3.75. The van der Waals surface area contributed by atoms with Crippen LogP contribution in [0.4, 0.5) is 5.69 Å². The van der Waals surface area contributed by atoms with Gasteiger partial charge in [0, 0.05) is 26.2 Å². The van der Waals surface area contributed by atoms with E-state index >= 15 is 0 Å². The summed E-state index contributed by atoms with van der Waals surface area (Å²) in [7, 11) is 0. The predicted octanol–water partition coefficient (Wildman–Crippen LogP) is 3.50. The van der Waals surface area contributed by atoms with Crippen LogP contribution in [0.15, 0.2) is 35.1 Å². The Morgan fingerprint density at radius 2 is 2.00 bits per heavy atom. The molecular weight excluding hydrogens is 371 g/mol. The Labute approximate surface area is 165 Å². The molecule has 0 spiro atoms. The van der Waals surface area contributed by atoms with Gasteiger partial charge in [0.1, 0.15) is 11.7 Å². The third kappa shape index (κ3) is 3.86. The average molecular weight is 397 g/mol. The minimum Gasteiger partial charge on any atom is -0.396 e. The molecule has 0 aliphatic carbocycles. The topological polar surface area (TPSA) is 65.1 Å². The van der Waals surface area contributed by atoms with Gasteiger partial charge in [0.25, 0.3) is 0 Å². The van der Waals surface area contributed by atoms with E-state index in [0.717, 1.165) is 49.7 Å². The van der Waals surface area contributed by atoms with Gasteiger partial charge < -0.3 is 20.6 Å². The zero-order valence-corrected chi connectivity index (χ0v) is 16.6. The molecular formula is C19H26Cl2N4O. The molecule has 1 saturated heterocycles. The van der Waals surface area contributed by atoms with Gasteiger partial charge in [-0.25, -0.2) is 4.99 Å². The lowest BCUT2D eigenvalue weighted by molar-refractivity contribution is 0.0495. The summed E-state index contributed by atoms with van der Waals surface area (Å²) in [6, 6.07) is 5.63. The van der Waals surface area contributed by atoms with Gasteiger partial charge in [-0.2, -0.15) is 0 Å². The summed E-state index contributed by atoms with van der Waals surface area (Å²) in [5.74, 6) is 1.89. The fraction of sp³-hybridized carbons (Fsp3) is 0.526. The highest BCUT2D eigenvalue weighted by molar-refractivity contribution is 6.44. The van der Waals surface area contributed by atoms with E-state index in [1.807, 2.05) is 19.1 Å². The first-order chi connectivity index (χ1) is 12.5. The molecule has 2 heterocycles. The van der Waals surface area contributed by atoms with Crippen molar-refractivity contribution in [2.24, 2.45) is 16.1 Å². The zero-order chi connectivity index (χ0) is 18.7. The minimum atomic E-state index is -0.0282. The summed E-state index contributed by atoms with van der Waals surface area (Å²) in [5, 5.41) is 10.9. The highest BCUT2D eigenvalue weighted by atomic mass is 35.5. The third-order valence-corrected chi connectivity index (χ3v) is 6.31. The van der Waals surface area contributed by atoms with Crippen LogP contribution in [0.2, 0.25) is 10.0 Å². The Kier molecular flexibility index (Phi) is 6.13. The number of aliphatic imine (C=N–C) groups is 1. The van der Waals surface area contributed by atoms with Gasteiger partial charge >= 0.3 is 0 Å². The maximum atomic E-state index is 9.77. The predicted molar refractivity (Wildman–Crippen MR) is 109 cm³/mol. The largest absolute Gasteiger partial charge is 0.396 e. The summed E-state index contributed by atoms with van der Waals surface area (Å²) >= 11 is 12.5. The van der Waals surface area contributed by atoms with Gasteiger partial charge in [-0.3, -0.25) is 0 Å². The smallest absolute Gasteiger partial charge is 0.128 e. The standard InChI is InChI=1S/C19H26Cl2N4O/c1-14-23-17(24-11-7-19(13-26,6-9-22)8-12-24)5-10-25(14)16-4-2-3-15(20)18(16)21/h2-5,26H,6-13,22H2,1H3. The van der Waals surface area contributed by atoms with E-state index < -0.39 is 0 Å². The molecule has 0 saturated carbocycles. The number of benzene rings is 1. The normalized spacial score (nSPS) is 20.0. The van der Waals surface area contributed by atoms with Crippen molar-refractivity contribution in [1.29, 1.82) is 0 Å². The summed E-state index contributed by atoms with van der Waals surface area (Å²) in [5.41, 5.74) is 6.57. The van der Waals surface area contributed by atoms with Gasteiger partial charge in [-0.1, -0.05) is 29.3 Å². The van der Waals surface area contributed by atoms with Crippen LogP contribution in [0.5, 0.6) is 0 Å². The number of aliphatic hydroxyl groups excluding tert-OH is 1. The lowest BCUT2D eigenvalue weighted by Crippen LogP contribution is -2.43. The van der Waals surface area contributed by atoms with Crippen LogP contribution in [0.3, 0.4) is 0 Å². The van der Waals surface area contributed by atoms with Crippen LogP contribution in [0, 0.1) is 5.41 Å². The molecule has 1 fully saturated rings. The van der Waals surface area contributed by atoms with E-state index in [1.165, 1.54) is 0 Å². The number of amidine groups is 1. The summed E-state index contributed by atoms with van der Waals surface area (Å²) in [6.45, 7) is 5.30. The molecule has 26 heavy (non-hydrogen) atoms. The number of rotatable bonds is 5. The van der Waals surface area contributed by atoms with Gasteiger partial charge in [0.2, 0.25) is 0 Å². The molecule has 0 aromatic heterocycles. The SMILES string of the molecule is CC1=NC(N2CCC(CO)(CCN)CC2)=CCN1c1cccc(Cl)c1Cl. The van der Waals surface area contributed by atoms with Crippen molar-refractivity contribution in [3.05, 3.63) is 40.1 Å². The highest BCUT2D eigenvalue weighted by Crippen LogP contribution is 2.37. The molecule has 0 bridgehead atoms. The quantitative estimate of drug-likeness (QED) is 0.798. The van der Waals surface area contributed by atoms with E-state index in [2.05, 4.69) is 15.9 Å². The average Bonchev–Trinajstić information content (AvgIpc) is 2.65. The fourth-order valence-corrected chi connectivity index (χ4v) is 4.15. The molecule has 2 aliphatic heterocycles. The number of nitrogens with zero attached hydrogens (tertiary/aromatic N) is 3. The summed E-state index contributed by atoms with van der Waals surface area (Å²) in [6.07, 6.45) is 4.88. The van der Waals surface area contributed by atoms with E-state index in [0.29, 0.717) is 23.1 Å². The number of anilines is 1. The van der Waals surface area contributed by atoms with E-state index in [9.17, 15) is 5.11 Å². The van der Waals surface area contributed by atoms with Gasteiger partial charge in [-0.15, -0.1) is 0 Å². The molecule has 3 rings (SSSR count). The number of hydrogen-bond acceptors (Lipinski definition) is 5. The second kappa shape index (κ2) is 8.17. The minimum absolute atomic E-state index is 0.0282. The van der Waals surface area contributed by atoms with Crippen molar-refractivity contribution < 1.29 is 5.11 Å². The van der Waals surface area contributed by atoms with Crippen LogP contribution in [0.25, 0.3) is 0 Å². The first kappa shape index (κ1) is 19.5. The van der Waals surface area contributed by atoms with Gasteiger partial charge in [0.05, 0.1) is 15.7 Å². The molecule has 7 heteroatoms. The van der Waals surface area contributed by atoms with E-state index in [4.69, 9.17) is 33.9 Å².